The zero-order chi connectivity index (χ0) is 18.2. The fourth-order valence-electron chi connectivity index (χ4n) is 3.06. The largest absolute Gasteiger partial charge is 0.376 e. The minimum absolute atomic E-state index is 0.0470. The van der Waals surface area contributed by atoms with Crippen LogP contribution in [0, 0.1) is 5.41 Å². The van der Waals surface area contributed by atoms with E-state index in [0.717, 1.165) is 12.8 Å². The van der Waals surface area contributed by atoms with Crippen LogP contribution >= 0.6 is 0 Å². The van der Waals surface area contributed by atoms with E-state index in [0.29, 0.717) is 17.5 Å². The highest BCUT2D eigenvalue weighted by Crippen LogP contribution is 2.17. The van der Waals surface area contributed by atoms with Gasteiger partial charge in [0.1, 0.15) is 0 Å². The molecule has 0 unspecified atom stereocenters. The van der Waals surface area contributed by atoms with Gasteiger partial charge < -0.3 is 4.74 Å². The van der Waals surface area contributed by atoms with Gasteiger partial charge in [0.25, 0.3) is 5.56 Å². The lowest BCUT2D eigenvalue weighted by molar-refractivity contribution is -0.126. The van der Waals surface area contributed by atoms with Crippen LogP contribution in [0.1, 0.15) is 33.6 Å². The van der Waals surface area contributed by atoms with Gasteiger partial charge in [0.2, 0.25) is 0 Å². The highest BCUT2D eigenvalue weighted by atomic mass is 16.5. The predicted molar refractivity (Wildman–Crippen MR) is 95.9 cm³/mol. The maximum absolute atomic E-state index is 13.0. The molecule has 1 aliphatic rings. The number of benzene rings is 1. The molecule has 0 saturated carbocycles. The molecule has 0 radical (unpaired) electrons. The van der Waals surface area contributed by atoms with Crippen LogP contribution in [0.25, 0.3) is 10.9 Å². The first-order chi connectivity index (χ1) is 11.8. The molecular formula is C19H24N2O4. The van der Waals surface area contributed by atoms with Gasteiger partial charge in [-0.1, -0.05) is 32.9 Å². The first kappa shape index (κ1) is 17.6. The fourth-order valence-corrected chi connectivity index (χ4v) is 3.06. The lowest BCUT2D eigenvalue weighted by atomic mass is 9.91. The summed E-state index contributed by atoms with van der Waals surface area (Å²) in [4.78, 5) is 38.3. The normalized spacial score (nSPS) is 18.0. The number of rotatable bonds is 4. The molecule has 0 bridgehead atoms. The number of Topliss-reactive ketones (excluding diaryl/α,β-unsaturated/α-hetero) is 1. The van der Waals surface area contributed by atoms with Crippen LogP contribution in [0.3, 0.4) is 0 Å². The second-order valence-electron chi connectivity index (χ2n) is 7.61. The van der Waals surface area contributed by atoms with Crippen molar-refractivity contribution in [2.24, 2.45) is 5.41 Å². The van der Waals surface area contributed by atoms with Crippen molar-refractivity contribution in [2.75, 3.05) is 6.61 Å². The zero-order valence-electron chi connectivity index (χ0n) is 14.9. The van der Waals surface area contributed by atoms with E-state index in [1.807, 2.05) is 20.8 Å². The van der Waals surface area contributed by atoms with Gasteiger partial charge >= 0.3 is 5.69 Å². The molecule has 0 amide bonds. The third-order valence-electron chi connectivity index (χ3n) is 4.68. The van der Waals surface area contributed by atoms with Crippen molar-refractivity contribution in [3.63, 3.8) is 0 Å². The minimum atomic E-state index is -0.559. The van der Waals surface area contributed by atoms with Crippen LogP contribution in [0.5, 0.6) is 0 Å². The number of carbonyl (C=O) groups excluding carboxylic acids is 1. The van der Waals surface area contributed by atoms with Crippen molar-refractivity contribution in [3.05, 3.63) is 45.1 Å². The summed E-state index contributed by atoms with van der Waals surface area (Å²) in [6, 6.07) is 6.94. The number of hydrogen-bond acceptors (Lipinski definition) is 4. The molecule has 2 aromatic rings. The molecule has 0 aliphatic carbocycles. The van der Waals surface area contributed by atoms with Crippen molar-refractivity contribution in [3.8, 4) is 0 Å². The Hall–Kier alpha value is -2.21. The summed E-state index contributed by atoms with van der Waals surface area (Å²) in [7, 11) is 0. The molecule has 1 saturated heterocycles. The Morgan fingerprint density at radius 1 is 1.20 bits per heavy atom. The molecule has 0 spiro atoms. The van der Waals surface area contributed by atoms with Gasteiger partial charge in [-0.15, -0.1) is 0 Å². The molecule has 1 aromatic heterocycles. The molecular weight excluding hydrogens is 320 g/mol. The van der Waals surface area contributed by atoms with Gasteiger partial charge in [-0.3, -0.25) is 18.7 Å². The Morgan fingerprint density at radius 2 is 1.92 bits per heavy atom. The van der Waals surface area contributed by atoms with E-state index in [-0.39, 0.29) is 30.5 Å². The van der Waals surface area contributed by atoms with Crippen LogP contribution in [0.4, 0.5) is 0 Å². The van der Waals surface area contributed by atoms with E-state index in [1.54, 1.807) is 24.3 Å². The molecule has 6 nitrogen and oxygen atoms in total. The number of nitrogens with zero attached hydrogens (tertiary/aromatic N) is 2. The van der Waals surface area contributed by atoms with E-state index in [1.165, 1.54) is 9.13 Å². The quantitative estimate of drug-likeness (QED) is 0.850. The molecule has 3 rings (SSSR count). The minimum Gasteiger partial charge on any atom is -0.376 e. The van der Waals surface area contributed by atoms with Crippen LogP contribution in [0.2, 0.25) is 0 Å². The fraction of sp³-hybridized carbons (Fsp3) is 0.526. The summed E-state index contributed by atoms with van der Waals surface area (Å²) >= 11 is 0. The third kappa shape index (κ3) is 3.44. The number of fused-ring (bicyclic) bond motifs is 1. The Labute approximate surface area is 146 Å². The standard InChI is InChI=1S/C19H24N2O4/c1-19(2,3)16(22)12-20-15-9-5-4-8-14(15)17(23)21(18(20)24)11-13-7-6-10-25-13/h4-5,8-9,13H,6-7,10-12H2,1-3H3/t13-/m0/s1. The lowest BCUT2D eigenvalue weighted by Crippen LogP contribution is -2.44. The van der Waals surface area contributed by atoms with Crippen LogP contribution in [-0.2, 0) is 22.6 Å². The Morgan fingerprint density at radius 3 is 2.56 bits per heavy atom. The Kier molecular flexibility index (Phi) is 4.64. The van der Waals surface area contributed by atoms with Crippen LogP contribution in [-0.4, -0.2) is 27.6 Å². The molecule has 1 atom stereocenters. The topological polar surface area (TPSA) is 70.3 Å². The SMILES string of the molecule is CC(C)(C)C(=O)Cn1c(=O)n(C[C@@H]2CCCO2)c(=O)c2ccccc21. The van der Waals surface area contributed by atoms with Crippen molar-refractivity contribution in [1.82, 2.24) is 9.13 Å². The van der Waals surface area contributed by atoms with Crippen molar-refractivity contribution >= 4 is 16.7 Å². The number of ether oxygens (including phenoxy) is 1. The summed E-state index contributed by atoms with van der Waals surface area (Å²) in [5.74, 6) is -0.0536. The first-order valence-electron chi connectivity index (χ1n) is 8.66. The van der Waals surface area contributed by atoms with E-state index in [4.69, 9.17) is 4.74 Å². The van der Waals surface area contributed by atoms with Crippen molar-refractivity contribution in [2.45, 2.75) is 52.8 Å². The first-order valence-corrected chi connectivity index (χ1v) is 8.66. The summed E-state index contributed by atoms with van der Waals surface area (Å²) in [6.07, 6.45) is 1.64. The highest BCUT2D eigenvalue weighted by Gasteiger charge is 2.25. The molecule has 134 valence electrons. The Balaban J connectivity index is 2.15. The zero-order valence-corrected chi connectivity index (χ0v) is 14.9. The molecule has 1 aliphatic heterocycles. The average Bonchev–Trinajstić information content (AvgIpc) is 3.07. The summed E-state index contributed by atoms with van der Waals surface area (Å²) in [6.45, 7) is 6.31. The van der Waals surface area contributed by atoms with Crippen molar-refractivity contribution in [1.29, 1.82) is 0 Å². The van der Waals surface area contributed by atoms with E-state index in [2.05, 4.69) is 0 Å². The molecule has 1 aromatic carbocycles. The maximum Gasteiger partial charge on any atom is 0.331 e. The second-order valence-corrected chi connectivity index (χ2v) is 7.61. The van der Waals surface area contributed by atoms with E-state index >= 15 is 0 Å². The second kappa shape index (κ2) is 6.59. The number of carbonyl (C=O) groups is 1. The maximum atomic E-state index is 13.0. The molecule has 2 heterocycles. The van der Waals surface area contributed by atoms with Gasteiger partial charge in [-0.25, -0.2) is 4.79 Å². The van der Waals surface area contributed by atoms with Gasteiger partial charge in [-0.2, -0.15) is 0 Å². The van der Waals surface area contributed by atoms with Gasteiger partial charge in [0.05, 0.1) is 30.1 Å². The average molecular weight is 344 g/mol. The van der Waals surface area contributed by atoms with Gasteiger partial charge in [0.15, 0.2) is 5.78 Å². The number of para-hydroxylation sites is 1. The molecule has 1 fully saturated rings. The third-order valence-corrected chi connectivity index (χ3v) is 4.68. The number of ketones is 1. The van der Waals surface area contributed by atoms with E-state index in [9.17, 15) is 14.4 Å². The number of hydrogen-bond donors (Lipinski definition) is 0. The monoisotopic (exact) mass is 344 g/mol. The summed E-state index contributed by atoms with van der Waals surface area (Å²) in [5.41, 5.74) is -0.832. The summed E-state index contributed by atoms with van der Waals surface area (Å²) in [5, 5.41) is 0.446. The van der Waals surface area contributed by atoms with Gasteiger partial charge in [-0.05, 0) is 25.0 Å². The van der Waals surface area contributed by atoms with E-state index < -0.39 is 11.1 Å². The lowest BCUT2D eigenvalue weighted by Gasteiger charge is -2.20. The molecule has 25 heavy (non-hydrogen) atoms. The smallest absolute Gasteiger partial charge is 0.331 e. The van der Waals surface area contributed by atoms with Crippen molar-refractivity contribution < 1.29 is 9.53 Å². The number of aromatic nitrogens is 2. The highest BCUT2D eigenvalue weighted by molar-refractivity contribution is 5.85. The summed E-state index contributed by atoms with van der Waals surface area (Å²) < 4.78 is 8.21. The predicted octanol–water partition coefficient (Wildman–Crippen LogP) is 1.96. The van der Waals surface area contributed by atoms with Crippen LogP contribution < -0.4 is 11.2 Å². The Bertz CT molecular complexity index is 912. The van der Waals surface area contributed by atoms with Crippen LogP contribution in [0.15, 0.2) is 33.9 Å². The molecule has 6 heteroatoms. The van der Waals surface area contributed by atoms with Gasteiger partial charge in [0, 0.05) is 12.0 Å². The molecule has 0 N–H and O–H groups in total.